The Morgan fingerprint density at radius 1 is 1.03 bits per heavy atom. The highest BCUT2D eigenvalue weighted by atomic mass is 32.2. The van der Waals surface area contributed by atoms with Crippen LogP contribution < -0.4 is 14.9 Å². The third-order valence-electron chi connectivity index (χ3n) is 4.34. The van der Waals surface area contributed by atoms with Crippen LogP contribution in [0.1, 0.15) is 12.5 Å². The highest BCUT2D eigenvalue weighted by molar-refractivity contribution is 7.92. The number of hydrogen-bond donors (Lipinski definition) is 2. The van der Waals surface area contributed by atoms with Crippen LogP contribution in [-0.4, -0.2) is 26.2 Å². The quantitative estimate of drug-likeness (QED) is 0.307. The molecule has 3 aromatic carbocycles. The molecule has 0 saturated heterocycles. The number of nitrogens with zero attached hydrogens (tertiary/aromatic N) is 2. The van der Waals surface area contributed by atoms with Crippen molar-refractivity contribution in [3.05, 3.63) is 88.5 Å². The zero-order valence-corrected chi connectivity index (χ0v) is 17.6. The SMILES string of the molecule is COc1ccc(NS(=O)(=O)c2cc([N+](=O)[O-])ccc2NN=C(C)c2ccccc2)cc1. The molecule has 3 rings (SSSR count). The number of anilines is 2. The first-order valence-electron chi connectivity index (χ1n) is 9.11. The fraction of sp³-hybridized carbons (Fsp3) is 0.0952. The highest BCUT2D eigenvalue weighted by Crippen LogP contribution is 2.29. The van der Waals surface area contributed by atoms with Crippen molar-refractivity contribution in [3.63, 3.8) is 0 Å². The van der Waals surface area contributed by atoms with Gasteiger partial charge >= 0.3 is 0 Å². The van der Waals surface area contributed by atoms with Crippen molar-refractivity contribution in [2.45, 2.75) is 11.8 Å². The van der Waals surface area contributed by atoms with Crippen LogP contribution in [0.15, 0.2) is 82.8 Å². The summed E-state index contributed by atoms with van der Waals surface area (Å²) < 4.78 is 33.5. The summed E-state index contributed by atoms with van der Waals surface area (Å²) >= 11 is 0. The highest BCUT2D eigenvalue weighted by Gasteiger charge is 2.23. The molecule has 0 aliphatic rings. The Morgan fingerprint density at radius 2 is 1.71 bits per heavy atom. The van der Waals surface area contributed by atoms with E-state index in [1.165, 1.54) is 31.4 Å². The Bertz CT molecular complexity index is 1210. The van der Waals surface area contributed by atoms with Crippen LogP contribution in [-0.2, 0) is 10.0 Å². The van der Waals surface area contributed by atoms with E-state index in [0.717, 1.165) is 11.6 Å². The molecular weight excluding hydrogens is 420 g/mol. The number of benzene rings is 3. The lowest BCUT2D eigenvalue weighted by Gasteiger charge is -2.13. The summed E-state index contributed by atoms with van der Waals surface area (Å²) in [5.41, 5.74) is 4.20. The van der Waals surface area contributed by atoms with Crippen molar-refractivity contribution < 1.29 is 18.1 Å². The average Bonchev–Trinajstić information content (AvgIpc) is 2.78. The van der Waals surface area contributed by atoms with Crippen molar-refractivity contribution in [1.29, 1.82) is 0 Å². The molecule has 0 bridgehead atoms. The van der Waals surface area contributed by atoms with Gasteiger partial charge in [0, 0.05) is 17.8 Å². The van der Waals surface area contributed by atoms with E-state index in [1.807, 2.05) is 30.3 Å². The van der Waals surface area contributed by atoms with E-state index < -0.39 is 14.9 Å². The maximum atomic E-state index is 13.0. The van der Waals surface area contributed by atoms with Gasteiger partial charge in [-0.25, -0.2) is 8.42 Å². The molecule has 160 valence electrons. The molecule has 0 aliphatic heterocycles. The molecule has 0 aliphatic carbocycles. The van der Waals surface area contributed by atoms with Crippen LogP contribution in [0.4, 0.5) is 17.1 Å². The van der Waals surface area contributed by atoms with Gasteiger partial charge in [-0.15, -0.1) is 0 Å². The van der Waals surface area contributed by atoms with E-state index in [-0.39, 0.29) is 22.0 Å². The van der Waals surface area contributed by atoms with E-state index >= 15 is 0 Å². The second-order valence-corrected chi connectivity index (χ2v) is 8.10. The molecule has 0 aromatic heterocycles. The van der Waals surface area contributed by atoms with E-state index in [4.69, 9.17) is 4.74 Å². The van der Waals surface area contributed by atoms with Gasteiger partial charge in [0.2, 0.25) is 0 Å². The summed E-state index contributed by atoms with van der Waals surface area (Å²) in [5.74, 6) is 0.561. The third-order valence-corrected chi connectivity index (χ3v) is 5.76. The smallest absolute Gasteiger partial charge is 0.270 e. The summed E-state index contributed by atoms with van der Waals surface area (Å²) in [4.78, 5) is 10.2. The van der Waals surface area contributed by atoms with Gasteiger partial charge in [0.05, 0.1) is 23.4 Å². The molecule has 9 nitrogen and oxygen atoms in total. The van der Waals surface area contributed by atoms with Gasteiger partial charge in [-0.1, -0.05) is 30.3 Å². The Hall–Kier alpha value is -3.92. The molecule has 0 saturated carbocycles. The van der Waals surface area contributed by atoms with Gasteiger partial charge in [-0.3, -0.25) is 20.3 Å². The number of rotatable bonds is 8. The maximum Gasteiger partial charge on any atom is 0.270 e. The molecule has 0 heterocycles. The number of hydrazone groups is 1. The predicted octanol–water partition coefficient (Wildman–Crippen LogP) is 4.24. The maximum absolute atomic E-state index is 13.0. The van der Waals surface area contributed by atoms with Gasteiger partial charge < -0.3 is 4.74 Å². The predicted molar refractivity (Wildman–Crippen MR) is 119 cm³/mol. The van der Waals surface area contributed by atoms with Gasteiger partial charge in [0.25, 0.3) is 15.7 Å². The monoisotopic (exact) mass is 440 g/mol. The minimum atomic E-state index is -4.16. The molecule has 0 spiro atoms. The number of hydrogen-bond acceptors (Lipinski definition) is 7. The molecule has 2 N–H and O–H groups in total. The van der Waals surface area contributed by atoms with Crippen molar-refractivity contribution >= 4 is 32.8 Å². The minimum absolute atomic E-state index is 0.0990. The first-order chi connectivity index (χ1) is 14.8. The largest absolute Gasteiger partial charge is 0.497 e. The van der Waals surface area contributed by atoms with Crippen LogP contribution in [0, 0.1) is 10.1 Å². The van der Waals surface area contributed by atoms with Crippen molar-refractivity contribution in [1.82, 2.24) is 0 Å². The number of nitro groups is 1. The molecule has 3 aromatic rings. The molecule has 31 heavy (non-hydrogen) atoms. The van der Waals surface area contributed by atoms with Crippen LogP contribution >= 0.6 is 0 Å². The first kappa shape index (κ1) is 21.8. The van der Waals surface area contributed by atoms with Gasteiger partial charge in [0.1, 0.15) is 10.6 Å². The molecule has 10 heteroatoms. The Labute approximate surface area is 179 Å². The fourth-order valence-corrected chi connectivity index (χ4v) is 3.93. The van der Waals surface area contributed by atoms with Crippen molar-refractivity contribution in [2.24, 2.45) is 5.10 Å². The summed E-state index contributed by atoms with van der Waals surface area (Å²) in [6.45, 7) is 1.76. The second-order valence-electron chi connectivity index (χ2n) is 6.45. The van der Waals surface area contributed by atoms with E-state index in [9.17, 15) is 18.5 Å². The zero-order valence-electron chi connectivity index (χ0n) is 16.8. The van der Waals surface area contributed by atoms with E-state index in [0.29, 0.717) is 11.5 Å². The number of nitro benzene ring substituents is 1. The minimum Gasteiger partial charge on any atom is -0.497 e. The van der Waals surface area contributed by atoms with E-state index in [2.05, 4.69) is 15.2 Å². The molecule has 0 unspecified atom stereocenters. The fourth-order valence-electron chi connectivity index (χ4n) is 2.70. The average molecular weight is 440 g/mol. The Morgan fingerprint density at radius 3 is 2.32 bits per heavy atom. The number of sulfonamides is 1. The summed E-state index contributed by atoms with van der Waals surface area (Å²) in [7, 11) is -2.66. The van der Waals surface area contributed by atoms with Crippen molar-refractivity contribution in [2.75, 3.05) is 17.3 Å². The summed E-state index contributed by atoms with van der Waals surface area (Å²) in [6, 6.07) is 19.1. The summed E-state index contributed by atoms with van der Waals surface area (Å²) in [5, 5.41) is 15.4. The lowest BCUT2D eigenvalue weighted by atomic mass is 10.1. The van der Waals surface area contributed by atoms with Gasteiger partial charge in [-0.2, -0.15) is 5.10 Å². The van der Waals surface area contributed by atoms with Gasteiger partial charge in [-0.05, 0) is 42.8 Å². The standard InChI is InChI=1S/C21H20N4O5S/c1-15(16-6-4-3-5-7-16)22-23-20-13-10-18(25(26)27)14-21(20)31(28,29)24-17-8-11-19(30-2)12-9-17/h3-14,23-24H,1-2H3. The van der Waals surface area contributed by atoms with E-state index in [1.54, 1.807) is 19.1 Å². The second kappa shape index (κ2) is 9.26. The molecule has 0 atom stereocenters. The molecular formula is C21H20N4O5S. The lowest BCUT2D eigenvalue weighted by molar-refractivity contribution is -0.385. The third kappa shape index (κ3) is 5.37. The number of methoxy groups -OCH3 is 1. The summed E-state index contributed by atoms with van der Waals surface area (Å²) in [6.07, 6.45) is 0. The van der Waals surface area contributed by atoms with Crippen molar-refractivity contribution in [3.8, 4) is 5.75 Å². The van der Waals surface area contributed by atoms with Crippen LogP contribution in [0.5, 0.6) is 5.75 Å². The van der Waals surface area contributed by atoms with Crippen LogP contribution in [0.3, 0.4) is 0 Å². The molecule has 0 radical (unpaired) electrons. The Balaban J connectivity index is 1.96. The van der Waals surface area contributed by atoms with Crippen LogP contribution in [0.2, 0.25) is 0 Å². The zero-order chi connectivity index (χ0) is 22.4. The lowest BCUT2D eigenvalue weighted by Crippen LogP contribution is -2.15. The molecule has 0 fully saturated rings. The normalized spacial score (nSPS) is 11.6. The molecule has 0 amide bonds. The van der Waals surface area contributed by atoms with Gasteiger partial charge in [0.15, 0.2) is 0 Å². The Kier molecular flexibility index (Phi) is 6.51. The van der Waals surface area contributed by atoms with Crippen LogP contribution in [0.25, 0.3) is 0 Å². The number of non-ortho nitro benzene ring substituents is 1. The number of nitrogens with one attached hydrogen (secondary N) is 2. The first-order valence-corrected chi connectivity index (χ1v) is 10.6. The number of ether oxygens (including phenoxy) is 1. The topological polar surface area (TPSA) is 123 Å².